The number of hydrogen-bond acceptors (Lipinski definition) is 5. The number of carbonyl (C=O) groups is 1. The van der Waals surface area contributed by atoms with Crippen LogP contribution in [0.5, 0.6) is 0 Å². The van der Waals surface area contributed by atoms with E-state index < -0.39 is 0 Å². The van der Waals surface area contributed by atoms with Crippen molar-refractivity contribution in [2.45, 2.75) is 19.9 Å². The normalized spacial score (nSPS) is 10.4. The molecule has 0 fully saturated rings. The molecule has 0 aliphatic heterocycles. The maximum absolute atomic E-state index is 11.5. The number of hydrogen-bond donors (Lipinski definition) is 3. The molecule has 0 bridgehead atoms. The fraction of sp³-hybridized carbons (Fsp3) is 0.500. The third kappa shape index (κ3) is 5.11. The third-order valence-corrected chi connectivity index (χ3v) is 2.40. The first kappa shape index (κ1) is 14.4. The molecule has 100 valence electrons. The van der Waals surface area contributed by atoms with Gasteiger partial charge >= 0.3 is 0 Å². The molecule has 0 unspecified atom stereocenters. The maximum Gasteiger partial charge on any atom is 0.234 e. The van der Waals surface area contributed by atoms with Gasteiger partial charge in [-0.15, -0.1) is 0 Å². The van der Waals surface area contributed by atoms with E-state index >= 15 is 0 Å². The van der Waals surface area contributed by atoms with E-state index in [0.29, 0.717) is 13.1 Å². The molecule has 1 aromatic heterocycles. The minimum atomic E-state index is 0.0347. The molecular formula is C12H21N5O. The molecule has 4 N–H and O–H groups in total. The van der Waals surface area contributed by atoms with Gasteiger partial charge < -0.3 is 10.7 Å². The maximum atomic E-state index is 11.5. The summed E-state index contributed by atoms with van der Waals surface area (Å²) < 4.78 is 0. The summed E-state index contributed by atoms with van der Waals surface area (Å²) in [4.78, 5) is 17.7. The number of hydrazine groups is 1. The lowest BCUT2D eigenvalue weighted by Crippen LogP contribution is -2.35. The van der Waals surface area contributed by atoms with Crippen molar-refractivity contribution in [1.82, 2.24) is 15.2 Å². The van der Waals surface area contributed by atoms with Crippen molar-refractivity contribution in [2.75, 3.05) is 25.6 Å². The second-order valence-corrected chi connectivity index (χ2v) is 4.20. The summed E-state index contributed by atoms with van der Waals surface area (Å²) in [5.74, 6) is 5.36. The van der Waals surface area contributed by atoms with Crippen molar-refractivity contribution < 1.29 is 4.79 Å². The Kier molecular flexibility index (Phi) is 6.10. The average Bonchev–Trinajstić information content (AvgIpc) is 2.36. The Bertz CT molecular complexity index is 382. The molecule has 1 amide bonds. The van der Waals surface area contributed by atoms with E-state index in [-0.39, 0.29) is 5.91 Å². The molecule has 0 spiro atoms. The molecule has 0 saturated carbocycles. The van der Waals surface area contributed by atoms with E-state index in [1.54, 1.807) is 12.3 Å². The lowest BCUT2D eigenvalue weighted by atomic mass is 10.3. The van der Waals surface area contributed by atoms with E-state index in [4.69, 9.17) is 5.84 Å². The van der Waals surface area contributed by atoms with Gasteiger partial charge in [-0.1, -0.05) is 6.92 Å². The Hall–Kier alpha value is -1.66. The van der Waals surface area contributed by atoms with Crippen LogP contribution in [0.2, 0.25) is 0 Å². The second-order valence-electron chi connectivity index (χ2n) is 4.20. The van der Waals surface area contributed by atoms with Crippen molar-refractivity contribution in [3.05, 3.63) is 24.0 Å². The van der Waals surface area contributed by atoms with Crippen LogP contribution in [0.3, 0.4) is 0 Å². The zero-order chi connectivity index (χ0) is 13.4. The fourth-order valence-corrected chi connectivity index (χ4v) is 1.55. The van der Waals surface area contributed by atoms with Crippen molar-refractivity contribution in [1.29, 1.82) is 0 Å². The second kappa shape index (κ2) is 7.62. The van der Waals surface area contributed by atoms with Gasteiger partial charge in [0.15, 0.2) is 0 Å². The molecule has 6 heteroatoms. The molecule has 6 nitrogen and oxygen atoms in total. The smallest absolute Gasteiger partial charge is 0.234 e. The zero-order valence-electron chi connectivity index (χ0n) is 10.9. The van der Waals surface area contributed by atoms with Gasteiger partial charge in [0.1, 0.15) is 0 Å². The highest BCUT2D eigenvalue weighted by molar-refractivity contribution is 5.77. The Labute approximate surface area is 108 Å². The highest BCUT2D eigenvalue weighted by Crippen LogP contribution is 2.07. The summed E-state index contributed by atoms with van der Waals surface area (Å²) in [5.41, 5.74) is 4.25. The Morgan fingerprint density at radius 3 is 3.00 bits per heavy atom. The molecule has 1 aromatic rings. The topological polar surface area (TPSA) is 83.3 Å². The fourth-order valence-electron chi connectivity index (χ4n) is 1.55. The SMILES string of the molecule is CCCNC(=O)CN(C)Cc1cc(NN)ccn1. The van der Waals surface area contributed by atoms with Crippen molar-refractivity contribution >= 4 is 11.6 Å². The summed E-state index contributed by atoms with van der Waals surface area (Å²) in [7, 11) is 1.88. The predicted molar refractivity (Wildman–Crippen MR) is 71.7 cm³/mol. The highest BCUT2D eigenvalue weighted by Gasteiger charge is 2.07. The van der Waals surface area contributed by atoms with Gasteiger partial charge in [0.2, 0.25) is 5.91 Å². The first-order valence-electron chi connectivity index (χ1n) is 6.02. The number of anilines is 1. The molecule has 0 atom stereocenters. The van der Waals surface area contributed by atoms with Crippen molar-refractivity contribution in [3.8, 4) is 0 Å². The number of nitrogens with one attached hydrogen (secondary N) is 2. The number of likely N-dealkylation sites (N-methyl/N-ethyl adjacent to an activating group) is 1. The van der Waals surface area contributed by atoms with Gasteiger partial charge in [0.05, 0.1) is 17.9 Å². The molecule has 0 saturated heterocycles. The lowest BCUT2D eigenvalue weighted by Gasteiger charge is -2.16. The van der Waals surface area contributed by atoms with E-state index in [1.807, 2.05) is 24.9 Å². The van der Waals surface area contributed by atoms with Crippen LogP contribution >= 0.6 is 0 Å². The number of carbonyl (C=O) groups excluding carboxylic acids is 1. The Morgan fingerprint density at radius 1 is 1.56 bits per heavy atom. The number of nitrogens with two attached hydrogens (primary N) is 1. The molecule has 0 aromatic carbocycles. The van der Waals surface area contributed by atoms with Crippen LogP contribution in [0.25, 0.3) is 0 Å². The lowest BCUT2D eigenvalue weighted by molar-refractivity contribution is -0.122. The van der Waals surface area contributed by atoms with E-state index in [2.05, 4.69) is 15.7 Å². The van der Waals surface area contributed by atoms with Gasteiger partial charge in [0, 0.05) is 19.3 Å². The highest BCUT2D eigenvalue weighted by atomic mass is 16.2. The van der Waals surface area contributed by atoms with Crippen molar-refractivity contribution in [2.24, 2.45) is 5.84 Å². The minimum Gasteiger partial charge on any atom is -0.355 e. The number of rotatable bonds is 7. The first-order chi connectivity index (χ1) is 8.65. The summed E-state index contributed by atoms with van der Waals surface area (Å²) in [6.45, 7) is 3.72. The average molecular weight is 251 g/mol. The van der Waals surface area contributed by atoms with Crippen LogP contribution in [-0.2, 0) is 11.3 Å². The number of aromatic nitrogens is 1. The van der Waals surface area contributed by atoms with Gasteiger partial charge in [-0.3, -0.25) is 20.5 Å². The summed E-state index contributed by atoms with van der Waals surface area (Å²) in [6, 6.07) is 3.65. The van der Waals surface area contributed by atoms with Gasteiger partial charge in [-0.25, -0.2) is 0 Å². The number of nitrogen functional groups attached to an aromatic ring is 1. The monoisotopic (exact) mass is 251 g/mol. The molecule has 1 rings (SSSR count). The molecule has 1 heterocycles. The number of pyridine rings is 1. The van der Waals surface area contributed by atoms with Crippen LogP contribution in [-0.4, -0.2) is 35.9 Å². The Morgan fingerprint density at radius 2 is 2.33 bits per heavy atom. The largest absolute Gasteiger partial charge is 0.355 e. The van der Waals surface area contributed by atoms with E-state index in [9.17, 15) is 4.79 Å². The molecule has 0 aliphatic rings. The standard InChI is InChI=1S/C12H21N5O/c1-3-5-15-12(18)9-17(2)8-11-7-10(16-13)4-6-14-11/h4,6-7H,3,5,8-9,13H2,1-2H3,(H,14,16)(H,15,18). The third-order valence-electron chi connectivity index (χ3n) is 2.40. The summed E-state index contributed by atoms with van der Waals surface area (Å²) in [6.07, 6.45) is 2.64. The first-order valence-corrected chi connectivity index (χ1v) is 6.02. The zero-order valence-corrected chi connectivity index (χ0v) is 10.9. The minimum absolute atomic E-state index is 0.0347. The van der Waals surface area contributed by atoms with Crippen LogP contribution in [0, 0.1) is 0 Å². The van der Waals surface area contributed by atoms with Gasteiger partial charge in [-0.05, 0) is 25.6 Å². The number of amides is 1. The molecule has 0 radical (unpaired) electrons. The van der Waals surface area contributed by atoms with Crippen LogP contribution < -0.4 is 16.6 Å². The molecule has 0 aliphatic carbocycles. The van der Waals surface area contributed by atoms with Crippen LogP contribution in [0.1, 0.15) is 19.0 Å². The van der Waals surface area contributed by atoms with E-state index in [0.717, 1.165) is 24.3 Å². The quantitative estimate of drug-likeness (QED) is 0.480. The Balaban J connectivity index is 2.43. The van der Waals surface area contributed by atoms with Crippen LogP contribution in [0.15, 0.2) is 18.3 Å². The predicted octanol–water partition coefficient (Wildman–Crippen LogP) is 0.325. The van der Waals surface area contributed by atoms with E-state index in [1.165, 1.54) is 0 Å². The van der Waals surface area contributed by atoms with Crippen LogP contribution in [0.4, 0.5) is 5.69 Å². The molecule has 18 heavy (non-hydrogen) atoms. The van der Waals surface area contributed by atoms with Gasteiger partial charge in [-0.2, -0.15) is 0 Å². The summed E-state index contributed by atoms with van der Waals surface area (Å²) >= 11 is 0. The summed E-state index contributed by atoms with van der Waals surface area (Å²) in [5, 5.41) is 2.84. The molecular weight excluding hydrogens is 230 g/mol. The van der Waals surface area contributed by atoms with Gasteiger partial charge in [0.25, 0.3) is 0 Å². The number of nitrogens with zero attached hydrogens (tertiary/aromatic N) is 2. The van der Waals surface area contributed by atoms with Crippen molar-refractivity contribution in [3.63, 3.8) is 0 Å².